The molecule has 1 N–H and O–H groups in total. The Labute approximate surface area is 95.8 Å². The number of aromatic nitrogens is 1. The molecule has 2 nitrogen and oxygen atoms in total. The van der Waals surface area contributed by atoms with E-state index in [9.17, 15) is 5.11 Å². The monoisotopic (exact) mass is 215 g/mol. The van der Waals surface area contributed by atoms with Gasteiger partial charge in [0, 0.05) is 29.7 Å². The lowest BCUT2D eigenvalue weighted by Crippen LogP contribution is -1.82. The van der Waals surface area contributed by atoms with Gasteiger partial charge >= 0.3 is 0 Å². The molecule has 0 aliphatic carbocycles. The van der Waals surface area contributed by atoms with E-state index in [1.165, 1.54) is 0 Å². The van der Waals surface area contributed by atoms with E-state index in [1.54, 1.807) is 0 Å². The highest BCUT2D eigenvalue weighted by molar-refractivity contribution is 5.91. The number of unbranched alkanes of at least 4 members (excludes halogenated alkanes) is 1. The van der Waals surface area contributed by atoms with Gasteiger partial charge in [0.2, 0.25) is 0 Å². The number of nitrogens with zero attached hydrogens (tertiary/aromatic N) is 1. The van der Waals surface area contributed by atoms with E-state index in [4.69, 9.17) is 0 Å². The summed E-state index contributed by atoms with van der Waals surface area (Å²) in [5.41, 5.74) is 2.07. The summed E-state index contributed by atoms with van der Waals surface area (Å²) in [4.78, 5) is 0. The maximum atomic E-state index is 10.0. The van der Waals surface area contributed by atoms with Crippen LogP contribution in [-0.2, 0) is 7.05 Å². The van der Waals surface area contributed by atoms with Crippen molar-refractivity contribution in [3.63, 3.8) is 0 Å². The van der Waals surface area contributed by atoms with Crippen LogP contribution in [0.2, 0.25) is 0 Å². The average molecular weight is 215 g/mol. The SMILES string of the molecule is CCCC=C(O)c1cn(C)c2ccccc12. The van der Waals surface area contributed by atoms with Gasteiger partial charge < -0.3 is 9.67 Å². The summed E-state index contributed by atoms with van der Waals surface area (Å²) in [6, 6.07) is 8.12. The van der Waals surface area contributed by atoms with Gasteiger partial charge in [0.1, 0.15) is 5.76 Å². The minimum atomic E-state index is 0.388. The molecule has 0 aliphatic rings. The molecule has 0 saturated carbocycles. The third kappa shape index (κ3) is 1.83. The van der Waals surface area contributed by atoms with Gasteiger partial charge in [0.05, 0.1) is 0 Å². The standard InChI is InChI=1S/C14H17NO/c1-3-4-9-14(16)12-10-15(2)13-8-6-5-7-11(12)13/h5-10,16H,3-4H2,1-2H3. The zero-order valence-corrected chi connectivity index (χ0v) is 9.77. The quantitative estimate of drug-likeness (QED) is 0.772. The second kappa shape index (κ2) is 4.44. The van der Waals surface area contributed by atoms with Crippen LogP contribution < -0.4 is 0 Å². The van der Waals surface area contributed by atoms with Crippen LogP contribution in [-0.4, -0.2) is 9.67 Å². The van der Waals surface area contributed by atoms with Gasteiger partial charge in [-0.15, -0.1) is 0 Å². The van der Waals surface area contributed by atoms with E-state index in [2.05, 4.69) is 13.0 Å². The highest BCUT2D eigenvalue weighted by Crippen LogP contribution is 2.25. The molecule has 1 aromatic heterocycles. The smallest absolute Gasteiger partial charge is 0.120 e. The van der Waals surface area contributed by atoms with E-state index < -0.39 is 0 Å². The van der Waals surface area contributed by atoms with Gasteiger partial charge in [-0.2, -0.15) is 0 Å². The first-order valence-electron chi connectivity index (χ1n) is 5.67. The molecule has 0 atom stereocenters. The van der Waals surface area contributed by atoms with Crippen molar-refractivity contribution < 1.29 is 5.11 Å². The van der Waals surface area contributed by atoms with Crippen molar-refractivity contribution in [1.29, 1.82) is 0 Å². The first-order chi connectivity index (χ1) is 7.74. The molecule has 0 fully saturated rings. The summed E-state index contributed by atoms with van der Waals surface area (Å²) in [6.07, 6.45) is 5.83. The Hall–Kier alpha value is -1.70. The van der Waals surface area contributed by atoms with Gasteiger partial charge in [0.15, 0.2) is 0 Å². The summed E-state index contributed by atoms with van der Waals surface area (Å²) in [6.45, 7) is 2.10. The second-order valence-corrected chi connectivity index (χ2v) is 4.05. The molecule has 0 amide bonds. The maximum absolute atomic E-state index is 10.0. The molecule has 2 aromatic rings. The third-order valence-corrected chi connectivity index (χ3v) is 2.80. The van der Waals surface area contributed by atoms with Crippen molar-refractivity contribution in [2.75, 3.05) is 0 Å². The molecular formula is C14H17NO. The van der Waals surface area contributed by atoms with Crippen LogP contribution in [0.15, 0.2) is 36.5 Å². The number of hydrogen-bond donors (Lipinski definition) is 1. The largest absolute Gasteiger partial charge is 0.508 e. The molecule has 0 aliphatic heterocycles. The number of aryl methyl sites for hydroxylation is 1. The second-order valence-electron chi connectivity index (χ2n) is 4.05. The third-order valence-electron chi connectivity index (χ3n) is 2.80. The Kier molecular flexibility index (Phi) is 3.00. The van der Waals surface area contributed by atoms with E-state index in [1.807, 2.05) is 42.1 Å². The fourth-order valence-electron chi connectivity index (χ4n) is 1.94. The van der Waals surface area contributed by atoms with Crippen LogP contribution in [0.1, 0.15) is 25.3 Å². The number of aliphatic hydroxyl groups is 1. The van der Waals surface area contributed by atoms with Crippen molar-refractivity contribution in [2.45, 2.75) is 19.8 Å². The Morgan fingerprint density at radius 2 is 2.12 bits per heavy atom. The van der Waals surface area contributed by atoms with Gasteiger partial charge in [0.25, 0.3) is 0 Å². The normalized spacial score (nSPS) is 12.2. The summed E-state index contributed by atoms with van der Waals surface area (Å²) in [5, 5.41) is 11.1. The molecule has 0 saturated heterocycles. The predicted octanol–water partition coefficient (Wildman–Crippen LogP) is 3.88. The van der Waals surface area contributed by atoms with Crippen molar-refractivity contribution in [2.24, 2.45) is 7.05 Å². The van der Waals surface area contributed by atoms with Crippen LogP contribution in [0.5, 0.6) is 0 Å². The zero-order valence-electron chi connectivity index (χ0n) is 9.77. The van der Waals surface area contributed by atoms with Gasteiger partial charge in [-0.25, -0.2) is 0 Å². The Morgan fingerprint density at radius 3 is 2.88 bits per heavy atom. The van der Waals surface area contributed by atoms with Gasteiger partial charge in [-0.05, 0) is 18.6 Å². The molecule has 84 valence electrons. The van der Waals surface area contributed by atoms with Crippen LogP contribution in [0, 0.1) is 0 Å². The van der Waals surface area contributed by atoms with E-state index >= 15 is 0 Å². The molecule has 0 radical (unpaired) electrons. The molecule has 0 bridgehead atoms. The molecule has 0 unspecified atom stereocenters. The Balaban J connectivity index is 2.53. The molecule has 2 heteroatoms. The van der Waals surface area contributed by atoms with Crippen molar-refractivity contribution in [3.05, 3.63) is 42.1 Å². The summed E-state index contributed by atoms with van der Waals surface area (Å²) in [5.74, 6) is 0.388. The number of para-hydroxylation sites is 1. The highest BCUT2D eigenvalue weighted by atomic mass is 16.3. The molecule has 1 heterocycles. The van der Waals surface area contributed by atoms with Gasteiger partial charge in [-0.3, -0.25) is 0 Å². The highest BCUT2D eigenvalue weighted by Gasteiger charge is 2.08. The number of aliphatic hydroxyl groups excluding tert-OH is 1. The summed E-state index contributed by atoms with van der Waals surface area (Å²) in [7, 11) is 2.00. The first kappa shape index (κ1) is 10.8. The van der Waals surface area contributed by atoms with E-state index in [0.29, 0.717) is 5.76 Å². The molecule has 2 rings (SSSR count). The Bertz CT molecular complexity index is 523. The van der Waals surface area contributed by atoms with Crippen molar-refractivity contribution >= 4 is 16.7 Å². The Morgan fingerprint density at radius 1 is 1.38 bits per heavy atom. The van der Waals surface area contributed by atoms with E-state index in [0.717, 1.165) is 29.3 Å². The lowest BCUT2D eigenvalue weighted by molar-refractivity contribution is 0.509. The first-order valence-corrected chi connectivity index (χ1v) is 5.67. The van der Waals surface area contributed by atoms with Gasteiger partial charge in [-0.1, -0.05) is 31.5 Å². The molecule has 0 spiro atoms. The number of hydrogen-bond acceptors (Lipinski definition) is 1. The predicted molar refractivity (Wildman–Crippen MR) is 68.4 cm³/mol. The fourth-order valence-corrected chi connectivity index (χ4v) is 1.94. The van der Waals surface area contributed by atoms with Crippen LogP contribution in [0.25, 0.3) is 16.7 Å². The minimum Gasteiger partial charge on any atom is -0.508 e. The number of allylic oxidation sites excluding steroid dienone is 1. The van der Waals surface area contributed by atoms with Crippen LogP contribution in [0.3, 0.4) is 0 Å². The fraction of sp³-hybridized carbons (Fsp3) is 0.286. The molecular weight excluding hydrogens is 198 g/mol. The lowest BCUT2D eigenvalue weighted by Gasteiger charge is -1.97. The number of rotatable bonds is 3. The molecule has 16 heavy (non-hydrogen) atoms. The molecule has 1 aromatic carbocycles. The van der Waals surface area contributed by atoms with Crippen molar-refractivity contribution in [1.82, 2.24) is 4.57 Å². The number of benzene rings is 1. The van der Waals surface area contributed by atoms with Crippen molar-refractivity contribution in [3.8, 4) is 0 Å². The van der Waals surface area contributed by atoms with Crippen LogP contribution >= 0.6 is 0 Å². The number of fused-ring (bicyclic) bond motifs is 1. The maximum Gasteiger partial charge on any atom is 0.120 e. The lowest BCUT2D eigenvalue weighted by atomic mass is 10.1. The van der Waals surface area contributed by atoms with Crippen LogP contribution in [0.4, 0.5) is 0 Å². The average Bonchev–Trinajstić information content (AvgIpc) is 2.65. The topological polar surface area (TPSA) is 25.2 Å². The zero-order chi connectivity index (χ0) is 11.5. The van der Waals surface area contributed by atoms with E-state index in [-0.39, 0.29) is 0 Å². The summed E-state index contributed by atoms with van der Waals surface area (Å²) >= 11 is 0. The summed E-state index contributed by atoms with van der Waals surface area (Å²) < 4.78 is 2.04. The minimum absolute atomic E-state index is 0.388.